The highest BCUT2D eigenvalue weighted by atomic mass is 16.5. The fourth-order valence-electron chi connectivity index (χ4n) is 5.57. The van der Waals surface area contributed by atoms with E-state index in [9.17, 15) is 14.7 Å². The first-order valence-corrected chi connectivity index (χ1v) is 14.8. The lowest BCUT2D eigenvalue weighted by atomic mass is 10.0. The van der Waals surface area contributed by atoms with Crippen LogP contribution < -0.4 is 29.7 Å². The van der Waals surface area contributed by atoms with Crippen LogP contribution in [-0.4, -0.2) is 65.8 Å². The van der Waals surface area contributed by atoms with Crippen molar-refractivity contribution in [3.63, 3.8) is 0 Å². The number of aromatic nitrogens is 2. The third kappa shape index (κ3) is 6.62. The number of piperidine rings is 1. The number of aryl methyl sites for hydroxylation is 2. The van der Waals surface area contributed by atoms with E-state index in [-0.39, 0.29) is 36.8 Å². The van der Waals surface area contributed by atoms with Gasteiger partial charge < -0.3 is 34.9 Å². The number of carbonyl (C=O) groups is 2. The van der Waals surface area contributed by atoms with E-state index in [4.69, 9.17) is 19.2 Å². The van der Waals surface area contributed by atoms with Crippen molar-refractivity contribution >= 4 is 17.6 Å². The number of hydrogen-bond acceptors (Lipinski definition) is 9. The molecule has 7 rings (SSSR count). The standard InChI is InChI=1S/C34H35N5O6/c1-20-8-9-22-15-29(20)44-19-32(41)35-17-23-10-11-24(16-30(23)43-3)45-28-12-13-39(18-26(28)37-34(22)42)31-14-21(2)36-33(38-31)25-6-4-5-7-27(25)40/h4-11,14-16,26,28,40H,12-13,17-19H2,1-3H3,(H,35,41)(H,37,42)/t26-,28+/m0/s1. The van der Waals surface area contributed by atoms with Crippen LogP contribution in [0.25, 0.3) is 11.4 Å². The molecule has 4 heterocycles. The summed E-state index contributed by atoms with van der Waals surface area (Å²) in [4.78, 5) is 37.7. The van der Waals surface area contributed by atoms with E-state index >= 15 is 0 Å². The van der Waals surface area contributed by atoms with Crippen LogP contribution in [0.15, 0.2) is 66.7 Å². The third-order valence-electron chi connectivity index (χ3n) is 8.01. The first-order valence-electron chi connectivity index (χ1n) is 14.8. The molecule has 1 aromatic heterocycles. The van der Waals surface area contributed by atoms with Gasteiger partial charge in [-0.2, -0.15) is 0 Å². The fraction of sp³-hybridized carbons (Fsp3) is 0.294. The maximum Gasteiger partial charge on any atom is 0.258 e. The number of phenols is 1. The molecule has 0 saturated carbocycles. The molecule has 11 nitrogen and oxygen atoms in total. The van der Waals surface area contributed by atoms with Crippen molar-refractivity contribution in [1.82, 2.24) is 20.6 Å². The zero-order valence-corrected chi connectivity index (χ0v) is 25.4. The van der Waals surface area contributed by atoms with E-state index < -0.39 is 6.04 Å². The van der Waals surface area contributed by atoms with Crippen LogP contribution in [0.4, 0.5) is 5.82 Å². The smallest absolute Gasteiger partial charge is 0.258 e. The average molecular weight is 610 g/mol. The number of para-hydroxylation sites is 1. The monoisotopic (exact) mass is 609 g/mol. The molecular weight excluding hydrogens is 574 g/mol. The minimum Gasteiger partial charge on any atom is -0.507 e. The topological polar surface area (TPSA) is 135 Å². The third-order valence-corrected chi connectivity index (χ3v) is 8.01. The number of aromatic hydroxyl groups is 1. The van der Waals surface area contributed by atoms with Gasteiger partial charge in [-0.15, -0.1) is 0 Å². The van der Waals surface area contributed by atoms with Crippen LogP contribution >= 0.6 is 0 Å². The Morgan fingerprint density at radius 1 is 1.02 bits per heavy atom. The summed E-state index contributed by atoms with van der Waals surface area (Å²) < 4.78 is 17.9. The molecular formula is C34H35N5O6. The van der Waals surface area contributed by atoms with Gasteiger partial charge in [0.1, 0.15) is 34.9 Å². The maximum atomic E-state index is 13.7. The molecule has 0 aliphatic carbocycles. The fourth-order valence-corrected chi connectivity index (χ4v) is 5.57. The molecule has 0 spiro atoms. The van der Waals surface area contributed by atoms with Gasteiger partial charge in [-0.3, -0.25) is 9.59 Å². The molecule has 3 aromatic carbocycles. The lowest BCUT2D eigenvalue weighted by Gasteiger charge is -2.39. The number of benzene rings is 3. The first-order chi connectivity index (χ1) is 21.8. The minimum atomic E-state index is -0.426. The van der Waals surface area contributed by atoms with Gasteiger partial charge in [0.2, 0.25) is 0 Å². The van der Waals surface area contributed by atoms with Crippen LogP contribution in [-0.2, 0) is 11.3 Å². The van der Waals surface area contributed by atoms with E-state index in [2.05, 4.69) is 20.5 Å². The Morgan fingerprint density at radius 2 is 1.87 bits per heavy atom. The molecule has 2 atom stereocenters. The quantitative estimate of drug-likeness (QED) is 0.316. The molecule has 4 bridgehead atoms. The molecule has 2 amide bonds. The number of anilines is 1. The highest BCUT2D eigenvalue weighted by Crippen LogP contribution is 2.31. The summed E-state index contributed by atoms with van der Waals surface area (Å²) in [6.45, 7) is 4.83. The van der Waals surface area contributed by atoms with E-state index in [0.717, 1.165) is 16.8 Å². The average Bonchev–Trinajstić information content (AvgIpc) is 3.04. The second kappa shape index (κ2) is 12.7. The number of phenolic OH excluding ortho intramolecular Hbond substituents is 1. The summed E-state index contributed by atoms with van der Waals surface area (Å²) in [5, 5.41) is 16.5. The van der Waals surface area contributed by atoms with Crippen LogP contribution in [0, 0.1) is 13.8 Å². The van der Waals surface area contributed by atoms with E-state index in [1.54, 1.807) is 49.6 Å². The maximum absolute atomic E-state index is 13.7. The van der Waals surface area contributed by atoms with Gasteiger partial charge in [0, 0.05) is 55.0 Å². The second-order valence-electron chi connectivity index (χ2n) is 11.2. The Morgan fingerprint density at radius 3 is 2.69 bits per heavy atom. The van der Waals surface area contributed by atoms with Crippen molar-refractivity contribution in [1.29, 1.82) is 0 Å². The lowest BCUT2D eigenvalue weighted by Crippen LogP contribution is -2.57. The summed E-state index contributed by atoms with van der Waals surface area (Å²) in [5.74, 6) is 2.23. The lowest BCUT2D eigenvalue weighted by molar-refractivity contribution is -0.123. The number of nitrogens with zero attached hydrogens (tertiary/aromatic N) is 3. The molecule has 1 saturated heterocycles. The number of amides is 2. The van der Waals surface area contributed by atoms with E-state index in [1.165, 1.54) is 0 Å². The van der Waals surface area contributed by atoms with Crippen molar-refractivity contribution in [2.75, 3.05) is 31.7 Å². The molecule has 0 radical (unpaired) electrons. The number of nitrogens with one attached hydrogen (secondary N) is 2. The number of hydrogen-bond donors (Lipinski definition) is 3. The summed E-state index contributed by atoms with van der Waals surface area (Å²) in [5.41, 5.74) is 3.29. The van der Waals surface area contributed by atoms with E-state index in [1.807, 2.05) is 38.1 Å². The summed E-state index contributed by atoms with van der Waals surface area (Å²) in [6, 6.07) is 19.1. The number of ether oxygens (including phenoxy) is 3. The predicted octanol–water partition coefficient (Wildman–Crippen LogP) is 3.94. The molecule has 3 N–H and O–H groups in total. The highest BCUT2D eigenvalue weighted by molar-refractivity contribution is 5.95. The van der Waals surface area contributed by atoms with Gasteiger partial charge in [0.05, 0.1) is 18.7 Å². The largest absolute Gasteiger partial charge is 0.507 e. The summed E-state index contributed by atoms with van der Waals surface area (Å²) in [6.07, 6.45) is 0.223. The van der Waals surface area contributed by atoms with Crippen molar-refractivity contribution < 1.29 is 28.9 Å². The van der Waals surface area contributed by atoms with Gasteiger partial charge >= 0.3 is 0 Å². The molecule has 0 unspecified atom stereocenters. The minimum absolute atomic E-state index is 0.102. The molecule has 3 aliphatic heterocycles. The molecule has 1 fully saturated rings. The Balaban J connectivity index is 1.34. The normalized spacial score (nSPS) is 18.5. The molecule has 4 aromatic rings. The molecule has 45 heavy (non-hydrogen) atoms. The van der Waals surface area contributed by atoms with Crippen molar-refractivity contribution in [2.24, 2.45) is 0 Å². The Hall–Kier alpha value is -5.32. The zero-order chi connectivity index (χ0) is 31.5. The van der Waals surface area contributed by atoms with Gasteiger partial charge in [0.15, 0.2) is 12.4 Å². The molecule has 11 heteroatoms. The molecule has 232 valence electrons. The number of fused-ring (bicyclic) bond motifs is 7. The van der Waals surface area contributed by atoms with Gasteiger partial charge in [-0.1, -0.05) is 18.2 Å². The highest BCUT2D eigenvalue weighted by Gasteiger charge is 2.34. The summed E-state index contributed by atoms with van der Waals surface area (Å²) in [7, 11) is 1.57. The second-order valence-corrected chi connectivity index (χ2v) is 11.2. The Kier molecular flexibility index (Phi) is 8.41. The van der Waals surface area contributed by atoms with Crippen molar-refractivity contribution in [3.05, 3.63) is 89.1 Å². The number of carbonyl (C=O) groups excluding carboxylic acids is 2. The predicted molar refractivity (Wildman–Crippen MR) is 168 cm³/mol. The summed E-state index contributed by atoms with van der Waals surface area (Å²) >= 11 is 0. The number of methoxy groups -OCH3 is 1. The SMILES string of the molecule is COc1cc2ccc1CNC(=O)COc1cc(ccc1C)C(=O)N[C@H]1CN(c3cc(C)nc(-c4ccccc4O)n3)CC[C@H]1O2. The Bertz CT molecular complexity index is 1740. The van der Waals surface area contributed by atoms with Crippen molar-refractivity contribution in [3.8, 4) is 34.4 Å². The van der Waals surface area contributed by atoms with Gasteiger partial charge in [-0.05, 0) is 55.8 Å². The first kappa shape index (κ1) is 29.7. The van der Waals surface area contributed by atoms with Gasteiger partial charge in [-0.25, -0.2) is 9.97 Å². The van der Waals surface area contributed by atoms with Crippen LogP contribution in [0.3, 0.4) is 0 Å². The zero-order valence-electron chi connectivity index (χ0n) is 25.4. The molecule has 3 aliphatic rings. The Labute approximate surface area is 261 Å². The van der Waals surface area contributed by atoms with Crippen LogP contribution in [0.5, 0.6) is 23.0 Å². The van der Waals surface area contributed by atoms with Gasteiger partial charge in [0.25, 0.3) is 11.8 Å². The van der Waals surface area contributed by atoms with E-state index in [0.29, 0.717) is 59.5 Å². The van der Waals surface area contributed by atoms with Crippen molar-refractivity contribution in [2.45, 2.75) is 39.0 Å². The number of rotatable bonds is 3. The van der Waals surface area contributed by atoms with Crippen LogP contribution in [0.1, 0.15) is 33.6 Å². The van der Waals surface area contributed by atoms with Crippen LogP contribution in [0.2, 0.25) is 0 Å².